The number of nitrogens with two attached hydrogens (primary N) is 1. The molecule has 0 aliphatic carbocycles. The molecule has 0 aromatic heterocycles. The average Bonchev–Trinajstić information content (AvgIpc) is 2.34. The molecule has 1 aromatic carbocycles. The number of nitrogens with one attached hydrogen (secondary N) is 1. The van der Waals surface area contributed by atoms with Crippen LogP contribution in [0, 0.1) is 0 Å². The number of anilines is 1. The predicted molar refractivity (Wildman–Crippen MR) is 75.9 cm³/mol. The molecule has 1 unspecified atom stereocenters. The van der Waals surface area contributed by atoms with E-state index >= 15 is 0 Å². The van der Waals surface area contributed by atoms with Crippen molar-refractivity contribution in [2.75, 3.05) is 5.73 Å². The Labute approximate surface area is 106 Å². The van der Waals surface area contributed by atoms with E-state index in [1.54, 1.807) is 0 Å². The molecule has 2 heteroatoms. The fourth-order valence-electron chi connectivity index (χ4n) is 2.10. The molecule has 0 aliphatic heterocycles. The van der Waals surface area contributed by atoms with Crippen molar-refractivity contribution >= 4 is 5.69 Å². The zero-order chi connectivity index (χ0) is 12.5. The van der Waals surface area contributed by atoms with Gasteiger partial charge in [-0.05, 0) is 24.5 Å². The maximum absolute atomic E-state index is 5.94. The molecule has 17 heavy (non-hydrogen) atoms. The second-order valence-electron chi connectivity index (χ2n) is 4.71. The zero-order valence-electron chi connectivity index (χ0n) is 11.2. The maximum Gasteiger partial charge on any atom is 0.0359 e. The van der Waals surface area contributed by atoms with E-state index in [0.29, 0.717) is 6.04 Å². The molecule has 0 heterocycles. The number of nitrogen functional groups attached to an aromatic ring is 1. The van der Waals surface area contributed by atoms with Gasteiger partial charge in [-0.2, -0.15) is 0 Å². The largest absolute Gasteiger partial charge is 0.398 e. The second kappa shape index (κ2) is 8.13. The monoisotopic (exact) mass is 234 g/mol. The first-order chi connectivity index (χ1) is 8.27. The van der Waals surface area contributed by atoms with Crippen molar-refractivity contribution in [3.63, 3.8) is 0 Å². The highest BCUT2D eigenvalue weighted by molar-refractivity contribution is 5.46. The minimum Gasteiger partial charge on any atom is -0.398 e. The van der Waals surface area contributed by atoms with Gasteiger partial charge in [0.15, 0.2) is 0 Å². The van der Waals surface area contributed by atoms with E-state index in [9.17, 15) is 0 Å². The molecule has 96 valence electrons. The summed E-state index contributed by atoms with van der Waals surface area (Å²) < 4.78 is 0. The van der Waals surface area contributed by atoms with Gasteiger partial charge in [-0.25, -0.2) is 0 Å². The molecule has 0 radical (unpaired) electrons. The summed E-state index contributed by atoms with van der Waals surface area (Å²) in [6.45, 7) is 5.39. The van der Waals surface area contributed by atoms with Crippen LogP contribution in [0.5, 0.6) is 0 Å². The van der Waals surface area contributed by atoms with Crippen LogP contribution in [0.4, 0.5) is 5.69 Å². The molecule has 0 bridgehead atoms. The fraction of sp³-hybridized carbons (Fsp3) is 0.600. The lowest BCUT2D eigenvalue weighted by Crippen LogP contribution is -2.28. The fourth-order valence-corrected chi connectivity index (χ4v) is 2.10. The summed E-state index contributed by atoms with van der Waals surface area (Å²) in [6.07, 6.45) is 6.35. The summed E-state index contributed by atoms with van der Waals surface area (Å²) in [5.74, 6) is 0. The van der Waals surface area contributed by atoms with Gasteiger partial charge in [0.25, 0.3) is 0 Å². The number of rotatable bonds is 8. The standard InChI is InChI=1S/C15H26N2/c1-3-5-10-14(8-4-2)17-12-13-9-6-7-11-15(13)16/h6-7,9,11,14,17H,3-5,8,10,12,16H2,1-2H3. The van der Waals surface area contributed by atoms with Crippen LogP contribution < -0.4 is 11.1 Å². The smallest absolute Gasteiger partial charge is 0.0359 e. The molecule has 0 amide bonds. The lowest BCUT2D eigenvalue weighted by molar-refractivity contribution is 0.434. The van der Waals surface area contributed by atoms with E-state index in [4.69, 9.17) is 5.73 Å². The number of benzene rings is 1. The molecule has 3 N–H and O–H groups in total. The third kappa shape index (κ3) is 5.22. The minimum absolute atomic E-state index is 0.638. The molecule has 0 fully saturated rings. The van der Waals surface area contributed by atoms with Crippen LogP contribution in [0.2, 0.25) is 0 Å². The lowest BCUT2D eigenvalue weighted by atomic mass is 10.0. The quantitative estimate of drug-likeness (QED) is 0.673. The Hall–Kier alpha value is -1.02. The van der Waals surface area contributed by atoms with Gasteiger partial charge >= 0.3 is 0 Å². The molecule has 0 saturated heterocycles. The van der Waals surface area contributed by atoms with Crippen LogP contribution in [0.25, 0.3) is 0 Å². The van der Waals surface area contributed by atoms with Crippen molar-refractivity contribution in [2.45, 2.75) is 58.5 Å². The van der Waals surface area contributed by atoms with E-state index in [-0.39, 0.29) is 0 Å². The van der Waals surface area contributed by atoms with Gasteiger partial charge in [-0.3, -0.25) is 0 Å². The van der Waals surface area contributed by atoms with Gasteiger partial charge < -0.3 is 11.1 Å². The highest BCUT2D eigenvalue weighted by atomic mass is 14.9. The number of hydrogen-bond acceptors (Lipinski definition) is 2. The van der Waals surface area contributed by atoms with E-state index < -0.39 is 0 Å². The van der Waals surface area contributed by atoms with Gasteiger partial charge in [0.2, 0.25) is 0 Å². The SMILES string of the molecule is CCCCC(CCC)NCc1ccccc1N. The number of para-hydroxylation sites is 1. The van der Waals surface area contributed by atoms with Crippen LogP contribution in [0.15, 0.2) is 24.3 Å². The van der Waals surface area contributed by atoms with E-state index in [2.05, 4.69) is 25.2 Å². The number of unbranched alkanes of at least 4 members (excludes halogenated alkanes) is 1. The van der Waals surface area contributed by atoms with Crippen molar-refractivity contribution in [3.05, 3.63) is 29.8 Å². The Bertz CT molecular complexity index is 310. The summed E-state index contributed by atoms with van der Waals surface area (Å²) in [5, 5.41) is 3.63. The van der Waals surface area contributed by atoms with Crippen molar-refractivity contribution in [1.29, 1.82) is 0 Å². The summed E-state index contributed by atoms with van der Waals surface area (Å²) in [5.41, 5.74) is 8.05. The summed E-state index contributed by atoms with van der Waals surface area (Å²) in [7, 11) is 0. The molecule has 0 spiro atoms. The normalized spacial score (nSPS) is 12.6. The van der Waals surface area contributed by atoms with Crippen LogP contribution in [-0.4, -0.2) is 6.04 Å². The maximum atomic E-state index is 5.94. The molecule has 1 aromatic rings. The first-order valence-electron chi connectivity index (χ1n) is 6.84. The summed E-state index contributed by atoms with van der Waals surface area (Å²) >= 11 is 0. The van der Waals surface area contributed by atoms with Gasteiger partial charge in [0, 0.05) is 18.3 Å². The molecule has 0 aliphatic rings. The summed E-state index contributed by atoms with van der Waals surface area (Å²) in [4.78, 5) is 0. The van der Waals surface area contributed by atoms with Gasteiger partial charge in [0.1, 0.15) is 0 Å². The number of hydrogen-bond donors (Lipinski definition) is 2. The van der Waals surface area contributed by atoms with Crippen LogP contribution in [0.3, 0.4) is 0 Å². The first-order valence-corrected chi connectivity index (χ1v) is 6.84. The molecule has 2 nitrogen and oxygen atoms in total. The molecular formula is C15H26N2. The van der Waals surface area contributed by atoms with Crippen molar-refractivity contribution in [1.82, 2.24) is 5.32 Å². The average molecular weight is 234 g/mol. The summed E-state index contributed by atoms with van der Waals surface area (Å²) in [6, 6.07) is 8.75. The van der Waals surface area contributed by atoms with Gasteiger partial charge in [-0.1, -0.05) is 51.3 Å². The van der Waals surface area contributed by atoms with Crippen LogP contribution in [-0.2, 0) is 6.54 Å². The van der Waals surface area contributed by atoms with Crippen molar-refractivity contribution < 1.29 is 0 Å². The first kappa shape index (κ1) is 14.0. The van der Waals surface area contributed by atoms with Crippen LogP contribution in [0.1, 0.15) is 51.5 Å². The van der Waals surface area contributed by atoms with E-state index in [1.165, 1.54) is 37.7 Å². The highest BCUT2D eigenvalue weighted by Crippen LogP contribution is 2.12. The Morgan fingerprint density at radius 2 is 1.88 bits per heavy atom. The molecule has 1 atom stereocenters. The Morgan fingerprint density at radius 3 is 2.53 bits per heavy atom. The lowest BCUT2D eigenvalue weighted by Gasteiger charge is -2.18. The molecule has 1 rings (SSSR count). The van der Waals surface area contributed by atoms with E-state index in [1.807, 2.05) is 18.2 Å². The Morgan fingerprint density at radius 1 is 1.12 bits per heavy atom. The van der Waals surface area contributed by atoms with Crippen LogP contribution >= 0.6 is 0 Å². The second-order valence-corrected chi connectivity index (χ2v) is 4.71. The molecule has 0 saturated carbocycles. The van der Waals surface area contributed by atoms with Crippen molar-refractivity contribution in [2.24, 2.45) is 0 Å². The molecular weight excluding hydrogens is 208 g/mol. The van der Waals surface area contributed by atoms with Crippen molar-refractivity contribution in [3.8, 4) is 0 Å². The Balaban J connectivity index is 2.42. The van der Waals surface area contributed by atoms with E-state index in [0.717, 1.165) is 12.2 Å². The predicted octanol–water partition coefficient (Wildman–Crippen LogP) is 3.72. The Kier molecular flexibility index (Phi) is 6.71. The minimum atomic E-state index is 0.638. The van der Waals surface area contributed by atoms with Gasteiger partial charge in [0.05, 0.1) is 0 Å². The third-order valence-electron chi connectivity index (χ3n) is 3.18. The third-order valence-corrected chi connectivity index (χ3v) is 3.18. The van der Waals surface area contributed by atoms with Gasteiger partial charge in [-0.15, -0.1) is 0 Å². The topological polar surface area (TPSA) is 38.0 Å². The highest BCUT2D eigenvalue weighted by Gasteiger charge is 2.07. The zero-order valence-corrected chi connectivity index (χ0v) is 11.2.